The molecule has 2 N–H and O–H groups in total. The van der Waals surface area contributed by atoms with Gasteiger partial charge in [-0.2, -0.15) is 0 Å². The van der Waals surface area contributed by atoms with Gasteiger partial charge in [-0.05, 0) is 0 Å². The van der Waals surface area contributed by atoms with Gasteiger partial charge >= 0.3 is 0 Å². The van der Waals surface area contributed by atoms with Crippen LogP contribution < -0.4 is 5.73 Å². The second kappa shape index (κ2) is 8.37. The predicted molar refractivity (Wildman–Crippen MR) is 74.9 cm³/mol. The Labute approximate surface area is 121 Å². The minimum Gasteiger partial charge on any atom is -0.365 e. The van der Waals surface area contributed by atoms with E-state index in [1.54, 1.807) is 0 Å². The molecule has 0 spiro atoms. The van der Waals surface area contributed by atoms with Crippen LogP contribution in [0.4, 0.5) is 0 Å². The third kappa shape index (κ3) is 4.79. The minimum absolute atomic E-state index is 0.227. The SMILES string of the molecule is NC(=O)c1c(CC#CCCl)ncnc1CC#CCCl. The summed E-state index contributed by atoms with van der Waals surface area (Å²) in [5.41, 5.74) is 6.61. The van der Waals surface area contributed by atoms with Crippen LogP contribution in [0.5, 0.6) is 0 Å². The van der Waals surface area contributed by atoms with Crippen LogP contribution in [0.3, 0.4) is 0 Å². The molecule has 1 heterocycles. The van der Waals surface area contributed by atoms with Crippen LogP contribution in [0.15, 0.2) is 6.33 Å². The Bertz CT molecular complexity index is 537. The maximum atomic E-state index is 11.5. The molecule has 1 aromatic heterocycles. The van der Waals surface area contributed by atoms with Crippen LogP contribution in [-0.4, -0.2) is 27.6 Å². The zero-order valence-corrected chi connectivity index (χ0v) is 11.6. The lowest BCUT2D eigenvalue weighted by molar-refractivity contribution is 0.0998. The molecule has 0 aliphatic heterocycles. The van der Waals surface area contributed by atoms with Gasteiger partial charge in [-0.15, -0.1) is 23.2 Å². The maximum absolute atomic E-state index is 11.5. The summed E-state index contributed by atoms with van der Waals surface area (Å²) in [7, 11) is 0. The number of aromatic nitrogens is 2. The van der Waals surface area contributed by atoms with Gasteiger partial charge in [-0.25, -0.2) is 9.97 Å². The van der Waals surface area contributed by atoms with Crippen molar-refractivity contribution < 1.29 is 4.79 Å². The quantitative estimate of drug-likeness (QED) is 0.672. The fraction of sp³-hybridized carbons (Fsp3) is 0.308. The monoisotopic (exact) mass is 295 g/mol. The third-order valence-corrected chi connectivity index (χ3v) is 2.41. The number of nitrogens with two attached hydrogens (primary N) is 1. The van der Waals surface area contributed by atoms with Crippen LogP contribution >= 0.6 is 23.2 Å². The van der Waals surface area contributed by atoms with Crippen molar-refractivity contribution in [3.05, 3.63) is 23.3 Å². The van der Waals surface area contributed by atoms with E-state index in [2.05, 4.69) is 33.6 Å². The topological polar surface area (TPSA) is 68.9 Å². The Morgan fingerprint density at radius 3 is 1.89 bits per heavy atom. The van der Waals surface area contributed by atoms with Gasteiger partial charge in [0, 0.05) is 0 Å². The van der Waals surface area contributed by atoms with Crippen LogP contribution in [0.2, 0.25) is 0 Å². The molecule has 98 valence electrons. The molecule has 0 unspecified atom stereocenters. The molecule has 1 amide bonds. The van der Waals surface area contributed by atoms with Gasteiger partial charge in [0.05, 0.1) is 41.6 Å². The first-order chi connectivity index (χ1) is 9.20. The fourth-order valence-electron chi connectivity index (χ4n) is 1.40. The molecule has 4 nitrogen and oxygen atoms in total. The molecule has 19 heavy (non-hydrogen) atoms. The van der Waals surface area contributed by atoms with Gasteiger partial charge in [-0.3, -0.25) is 4.79 Å². The van der Waals surface area contributed by atoms with Crippen molar-refractivity contribution in [2.45, 2.75) is 12.8 Å². The second-order valence-electron chi connectivity index (χ2n) is 3.33. The Morgan fingerprint density at radius 2 is 1.53 bits per heavy atom. The van der Waals surface area contributed by atoms with E-state index < -0.39 is 5.91 Å². The Kier molecular flexibility index (Phi) is 6.74. The molecule has 0 aliphatic carbocycles. The number of carbonyl (C=O) groups is 1. The first-order valence-corrected chi connectivity index (χ1v) is 6.43. The largest absolute Gasteiger partial charge is 0.365 e. The molecule has 0 saturated carbocycles. The van der Waals surface area contributed by atoms with E-state index in [1.165, 1.54) is 6.33 Å². The van der Waals surface area contributed by atoms with Gasteiger partial charge in [0.2, 0.25) is 0 Å². The molecule has 0 saturated heterocycles. The highest BCUT2D eigenvalue weighted by Gasteiger charge is 2.14. The summed E-state index contributed by atoms with van der Waals surface area (Å²) < 4.78 is 0. The first kappa shape index (κ1) is 15.3. The van der Waals surface area contributed by atoms with E-state index >= 15 is 0 Å². The first-order valence-electron chi connectivity index (χ1n) is 5.36. The Balaban J connectivity index is 3.10. The molecule has 6 heteroatoms. The summed E-state index contributed by atoms with van der Waals surface area (Å²) in [6.45, 7) is 0. The van der Waals surface area contributed by atoms with Crippen LogP contribution in [0.1, 0.15) is 21.7 Å². The van der Waals surface area contributed by atoms with Gasteiger partial charge in [-0.1, -0.05) is 23.7 Å². The fourth-order valence-corrected chi connectivity index (χ4v) is 1.59. The lowest BCUT2D eigenvalue weighted by atomic mass is 10.1. The number of nitrogens with zero attached hydrogens (tertiary/aromatic N) is 2. The van der Waals surface area contributed by atoms with Gasteiger partial charge in [0.25, 0.3) is 5.91 Å². The van der Waals surface area contributed by atoms with Crippen molar-refractivity contribution in [2.75, 3.05) is 11.8 Å². The summed E-state index contributed by atoms with van der Waals surface area (Å²) in [4.78, 5) is 19.6. The normalized spacial score (nSPS) is 8.95. The molecule has 0 radical (unpaired) electrons. The second-order valence-corrected chi connectivity index (χ2v) is 3.87. The smallest absolute Gasteiger partial charge is 0.252 e. The number of primary amides is 1. The lowest BCUT2D eigenvalue weighted by Gasteiger charge is -2.06. The van der Waals surface area contributed by atoms with Crippen molar-refractivity contribution in [2.24, 2.45) is 5.73 Å². The predicted octanol–water partition coefficient (Wildman–Crippen LogP) is 1.14. The third-order valence-electron chi connectivity index (χ3n) is 2.15. The average molecular weight is 296 g/mol. The number of rotatable bonds is 3. The molecule has 1 aromatic rings. The van der Waals surface area contributed by atoms with Crippen molar-refractivity contribution in [1.82, 2.24) is 9.97 Å². The van der Waals surface area contributed by atoms with Crippen LogP contribution in [0, 0.1) is 23.7 Å². The molecule has 1 rings (SSSR count). The Morgan fingerprint density at radius 1 is 1.05 bits per heavy atom. The molecular formula is C13H11Cl2N3O. The minimum atomic E-state index is -0.592. The summed E-state index contributed by atoms with van der Waals surface area (Å²) in [6.07, 6.45) is 1.95. The van der Waals surface area contributed by atoms with Gasteiger partial charge in [0.15, 0.2) is 0 Å². The number of hydrogen-bond donors (Lipinski definition) is 1. The summed E-state index contributed by atoms with van der Waals surface area (Å²) in [5, 5.41) is 0. The standard InChI is InChI=1S/C13H11Cl2N3O/c14-7-3-1-5-10-12(13(16)19)11(18-9-17-10)6-2-4-8-15/h9H,5-8H2,(H2,16,19). The summed E-state index contributed by atoms with van der Waals surface area (Å²) in [5.74, 6) is 10.9. The van der Waals surface area contributed by atoms with Crippen molar-refractivity contribution in [3.8, 4) is 23.7 Å². The highest BCUT2D eigenvalue weighted by molar-refractivity contribution is 6.19. The van der Waals surface area contributed by atoms with Crippen molar-refractivity contribution in [1.29, 1.82) is 0 Å². The van der Waals surface area contributed by atoms with Gasteiger partial charge in [0.1, 0.15) is 6.33 Å². The molecule has 0 aromatic carbocycles. The van der Waals surface area contributed by atoms with E-state index in [-0.39, 0.29) is 17.3 Å². The van der Waals surface area contributed by atoms with Crippen LogP contribution in [0.25, 0.3) is 0 Å². The number of carbonyl (C=O) groups excluding carboxylic acids is 1. The van der Waals surface area contributed by atoms with Crippen LogP contribution in [-0.2, 0) is 12.8 Å². The van der Waals surface area contributed by atoms with Gasteiger partial charge < -0.3 is 5.73 Å². The Hall–Kier alpha value is -1.75. The zero-order valence-electron chi connectivity index (χ0n) is 10.0. The van der Waals surface area contributed by atoms with E-state index in [1.807, 2.05) is 0 Å². The average Bonchev–Trinajstić information content (AvgIpc) is 2.39. The van der Waals surface area contributed by atoms with E-state index in [4.69, 9.17) is 28.9 Å². The zero-order chi connectivity index (χ0) is 14.1. The molecular weight excluding hydrogens is 285 g/mol. The highest BCUT2D eigenvalue weighted by Crippen LogP contribution is 2.10. The maximum Gasteiger partial charge on any atom is 0.252 e. The van der Waals surface area contributed by atoms with E-state index in [0.29, 0.717) is 24.2 Å². The number of hydrogen-bond acceptors (Lipinski definition) is 3. The molecule has 0 fully saturated rings. The lowest BCUT2D eigenvalue weighted by Crippen LogP contribution is -2.18. The number of alkyl halides is 2. The summed E-state index contributed by atoms with van der Waals surface area (Å²) in [6, 6.07) is 0. The molecule has 0 aliphatic rings. The van der Waals surface area contributed by atoms with Crippen molar-refractivity contribution in [3.63, 3.8) is 0 Å². The van der Waals surface area contributed by atoms with Crippen molar-refractivity contribution >= 4 is 29.1 Å². The molecule has 0 bridgehead atoms. The highest BCUT2D eigenvalue weighted by atomic mass is 35.5. The number of amides is 1. The van der Waals surface area contributed by atoms with E-state index in [9.17, 15) is 4.79 Å². The summed E-state index contributed by atoms with van der Waals surface area (Å²) >= 11 is 10.9. The number of halogens is 2. The van der Waals surface area contributed by atoms with E-state index in [0.717, 1.165) is 0 Å². The molecule has 0 atom stereocenters.